The van der Waals surface area contributed by atoms with Crippen molar-refractivity contribution >= 4 is 11.4 Å². The fourth-order valence-electron chi connectivity index (χ4n) is 1.58. The van der Waals surface area contributed by atoms with Crippen LogP contribution >= 0.6 is 0 Å². The molecule has 0 aliphatic heterocycles. The summed E-state index contributed by atoms with van der Waals surface area (Å²) in [5, 5.41) is 9.19. The number of carbonyl (C=O) groups excluding carboxylic acids is 1. The third-order valence-electron chi connectivity index (χ3n) is 2.59. The molecule has 0 aromatic heterocycles. The molecule has 16 heavy (non-hydrogen) atoms. The molecule has 2 rings (SSSR count). The van der Waals surface area contributed by atoms with E-state index in [1.165, 1.54) is 0 Å². The summed E-state index contributed by atoms with van der Waals surface area (Å²) in [5.74, 6) is 0.272. The number of rotatable bonds is 1. The molecule has 0 heterocycles. The van der Waals surface area contributed by atoms with Crippen LogP contribution in [-0.4, -0.2) is 10.9 Å². The third kappa shape index (κ3) is 2.11. The van der Waals surface area contributed by atoms with Crippen LogP contribution in [-0.2, 0) is 4.79 Å². The Bertz CT molecular complexity index is 484. The summed E-state index contributed by atoms with van der Waals surface area (Å²) in [7, 11) is 0. The molecule has 1 aromatic rings. The first-order valence-corrected chi connectivity index (χ1v) is 5.07. The maximum absolute atomic E-state index is 11.0. The van der Waals surface area contributed by atoms with Crippen LogP contribution in [0.25, 0.3) is 5.57 Å². The lowest BCUT2D eigenvalue weighted by atomic mass is 9.98. The van der Waals surface area contributed by atoms with Gasteiger partial charge in [-0.15, -0.1) is 0 Å². The van der Waals surface area contributed by atoms with Crippen molar-refractivity contribution in [3.8, 4) is 5.75 Å². The van der Waals surface area contributed by atoms with Crippen LogP contribution in [0, 0.1) is 0 Å². The van der Waals surface area contributed by atoms with E-state index in [0.717, 1.165) is 16.7 Å². The minimum atomic E-state index is 0.0160. The molecule has 1 aromatic carbocycles. The third-order valence-corrected chi connectivity index (χ3v) is 2.59. The molecule has 0 spiro atoms. The van der Waals surface area contributed by atoms with Crippen LogP contribution in [0.3, 0.4) is 0 Å². The van der Waals surface area contributed by atoms with Crippen LogP contribution in [0.15, 0.2) is 54.1 Å². The summed E-state index contributed by atoms with van der Waals surface area (Å²) in [6.45, 7) is 1.99. The van der Waals surface area contributed by atoms with Gasteiger partial charge in [-0.3, -0.25) is 4.79 Å². The Balaban J connectivity index is 2.38. The number of ketones is 1. The monoisotopic (exact) mass is 212 g/mol. The van der Waals surface area contributed by atoms with Crippen LogP contribution in [0.2, 0.25) is 0 Å². The quantitative estimate of drug-likeness (QED) is 0.777. The van der Waals surface area contributed by atoms with Gasteiger partial charge in [-0.05, 0) is 47.9 Å². The molecule has 1 aliphatic rings. The first kappa shape index (κ1) is 10.4. The van der Waals surface area contributed by atoms with E-state index in [2.05, 4.69) is 0 Å². The minimum absolute atomic E-state index is 0.0160. The fraction of sp³-hybridized carbons (Fsp3) is 0.0714. The van der Waals surface area contributed by atoms with E-state index >= 15 is 0 Å². The molecule has 0 radical (unpaired) electrons. The van der Waals surface area contributed by atoms with E-state index in [0.29, 0.717) is 0 Å². The molecule has 0 atom stereocenters. The lowest BCUT2D eigenvalue weighted by Crippen LogP contribution is -1.93. The van der Waals surface area contributed by atoms with Gasteiger partial charge in [0.2, 0.25) is 0 Å². The van der Waals surface area contributed by atoms with Gasteiger partial charge in [0.25, 0.3) is 0 Å². The highest BCUT2D eigenvalue weighted by molar-refractivity contribution is 6.02. The summed E-state index contributed by atoms with van der Waals surface area (Å²) in [4.78, 5) is 11.0. The molecule has 0 amide bonds. The predicted molar refractivity (Wildman–Crippen MR) is 64.0 cm³/mol. The molecule has 0 fully saturated rings. The Morgan fingerprint density at radius 3 is 2.12 bits per heavy atom. The van der Waals surface area contributed by atoms with Gasteiger partial charge >= 0.3 is 0 Å². The molecule has 2 heteroatoms. The molecule has 0 saturated carbocycles. The smallest absolute Gasteiger partial charge is 0.178 e. The predicted octanol–water partition coefficient (Wildman–Crippen LogP) is 2.86. The highest BCUT2D eigenvalue weighted by Gasteiger charge is 2.04. The second kappa shape index (κ2) is 4.19. The Kier molecular flexibility index (Phi) is 2.73. The summed E-state index contributed by atoms with van der Waals surface area (Å²) in [6, 6.07) is 7.02. The summed E-state index contributed by atoms with van der Waals surface area (Å²) < 4.78 is 0. The maximum atomic E-state index is 11.0. The van der Waals surface area contributed by atoms with Gasteiger partial charge < -0.3 is 5.11 Å². The number of allylic oxidation sites excluding steroid dienone is 6. The van der Waals surface area contributed by atoms with E-state index < -0.39 is 0 Å². The number of hydrogen-bond acceptors (Lipinski definition) is 2. The van der Waals surface area contributed by atoms with Crippen molar-refractivity contribution in [1.82, 2.24) is 0 Å². The van der Waals surface area contributed by atoms with Crippen molar-refractivity contribution in [1.29, 1.82) is 0 Å². The topological polar surface area (TPSA) is 37.3 Å². The lowest BCUT2D eigenvalue weighted by Gasteiger charge is -2.07. The van der Waals surface area contributed by atoms with Crippen molar-refractivity contribution in [3.63, 3.8) is 0 Å². The fourth-order valence-corrected chi connectivity index (χ4v) is 1.58. The van der Waals surface area contributed by atoms with E-state index in [4.69, 9.17) is 0 Å². The van der Waals surface area contributed by atoms with Crippen molar-refractivity contribution in [3.05, 3.63) is 59.7 Å². The molecular formula is C14H12O2. The second-order valence-corrected chi connectivity index (χ2v) is 3.70. The lowest BCUT2D eigenvalue weighted by molar-refractivity contribution is -0.110. The van der Waals surface area contributed by atoms with E-state index in [9.17, 15) is 9.90 Å². The minimum Gasteiger partial charge on any atom is -0.508 e. The van der Waals surface area contributed by atoms with Gasteiger partial charge in [0.1, 0.15) is 5.75 Å². The number of benzene rings is 1. The Labute approximate surface area is 94.2 Å². The largest absolute Gasteiger partial charge is 0.508 e. The number of hydrogen-bond donors (Lipinski definition) is 1. The van der Waals surface area contributed by atoms with Gasteiger partial charge in [-0.25, -0.2) is 0 Å². The van der Waals surface area contributed by atoms with Gasteiger partial charge in [0.05, 0.1) is 0 Å². The van der Waals surface area contributed by atoms with Crippen molar-refractivity contribution in [2.24, 2.45) is 0 Å². The number of aromatic hydroxyl groups is 1. The Hall–Kier alpha value is -2.09. The zero-order chi connectivity index (χ0) is 11.5. The van der Waals surface area contributed by atoms with Crippen LogP contribution < -0.4 is 0 Å². The number of phenols is 1. The van der Waals surface area contributed by atoms with Crippen molar-refractivity contribution in [2.45, 2.75) is 6.92 Å². The van der Waals surface area contributed by atoms with Gasteiger partial charge in [0, 0.05) is 0 Å². The molecule has 0 saturated heterocycles. The van der Waals surface area contributed by atoms with Crippen LogP contribution in [0.4, 0.5) is 0 Å². The number of phenolic OH excluding ortho intramolecular Hbond substituents is 1. The number of carbonyl (C=O) groups is 1. The van der Waals surface area contributed by atoms with Gasteiger partial charge in [0.15, 0.2) is 5.78 Å². The Morgan fingerprint density at radius 1 is 1.00 bits per heavy atom. The SMILES string of the molecule is CC(=C1C=CC(=O)C=C1)c1ccc(O)cc1. The molecule has 2 nitrogen and oxygen atoms in total. The van der Waals surface area contributed by atoms with E-state index in [1.807, 2.05) is 31.2 Å². The molecule has 1 N–H and O–H groups in total. The average molecular weight is 212 g/mol. The summed E-state index contributed by atoms with van der Waals surface area (Å²) in [6.07, 6.45) is 6.73. The van der Waals surface area contributed by atoms with Crippen molar-refractivity contribution < 1.29 is 9.90 Å². The highest BCUT2D eigenvalue weighted by Crippen LogP contribution is 2.23. The van der Waals surface area contributed by atoms with Crippen molar-refractivity contribution in [2.75, 3.05) is 0 Å². The molecule has 1 aliphatic carbocycles. The van der Waals surface area contributed by atoms with Gasteiger partial charge in [-0.1, -0.05) is 24.3 Å². The van der Waals surface area contributed by atoms with Gasteiger partial charge in [-0.2, -0.15) is 0 Å². The first-order valence-electron chi connectivity index (χ1n) is 5.07. The Morgan fingerprint density at radius 2 is 1.56 bits per heavy atom. The molecule has 0 bridgehead atoms. The molecular weight excluding hydrogens is 200 g/mol. The summed E-state index contributed by atoms with van der Waals surface area (Å²) >= 11 is 0. The zero-order valence-corrected chi connectivity index (χ0v) is 8.97. The summed E-state index contributed by atoms with van der Waals surface area (Å²) in [5.41, 5.74) is 3.14. The standard InChI is InChI=1S/C14H12O2/c1-10(11-2-6-13(15)7-3-11)12-4-8-14(16)9-5-12/h2-9,15H,1H3. The molecule has 0 unspecified atom stereocenters. The van der Waals surface area contributed by atoms with E-state index in [-0.39, 0.29) is 11.5 Å². The molecule has 80 valence electrons. The van der Waals surface area contributed by atoms with E-state index in [1.54, 1.807) is 24.3 Å². The second-order valence-electron chi connectivity index (χ2n) is 3.70. The zero-order valence-electron chi connectivity index (χ0n) is 8.97. The average Bonchev–Trinajstić information content (AvgIpc) is 2.30. The van der Waals surface area contributed by atoms with Crippen LogP contribution in [0.5, 0.6) is 5.75 Å². The van der Waals surface area contributed by atoms with Crippen LogP contribution in [0.1, 0.15) is 12.5 Å². The maximum Gasteiger partial charge on any atom is 0.178 e. The normalized spacial score (nSPS) is 14.3. The first-order chi connectivity index (χ1) is 7.66. The highest BCUT2D eigenvalue weighted by atomic mass is 16.3.